The van der Waals surface area contributed by atoms with Gasteiger partial charge in [-0.1, -0.05) is 0 Å². The lowest BCUT2D eigenvalue weighted by Gasteiger charge is -2.00. The summed E-state index contributed by atoms with van der Waals surface area (Å²) >= 11 is 0. The van der Waals surface area contributed by atoms with E-state index < -0.39 is 23.2 Å². The van der Waals surface area contributed by atoms with Crippen molar-refractivity contribution in [3.05, 3.63) is 46.3 Å². The zero-order chi connectivity index (χ0) is 11.4. The minimum absolute atomic E-state index is 0.00778. The molecule has 78 valence electrons. The molecule has 0 saturated heterocycles. The number of carboxylic acid groups (broad SMARTS) is 1. The van der Waals surface area contributed by atoms with Gasteiger partial charge < -0.3 is 10.2 Å². The molecule has 0 aromatic heterocycles. The number of aliphatic hydroxyl groups excluding tert-OH is 1. The molecule has 0 fully saturated rings. The molecule has 15 heavy (non-hydrogen) atoms. The van der Waals surface area contributed by atoms with Crippen LogP contribution in [0.5, 0.6) is 0 Å². The summed E-state index contributed by atoms with van der Waals surface area (Å²) in [5.41, 5.74) is -1.00. The summed E-state index contributed by atoms with van der Waals surface area (Å²) < 4.78 is 12.5. The number of nitroso groups, excluding NO2 is 1. The van der Waals surface area contributed by atoms with Gasteiger partial charge in [-0.05, 0) is 29.4 Å². The fourth-order valence-corrected chi connectivity index (χ4v) is 0.928. The van der Waals surface area contributed by atoms with Gasteiger partial charge in [-0.15, -0.1) is 4.91 Å². The highest BCUT2D eigenvalue weighted by Crippen LogP contribution is 2.17. The number of aliphatic carboxylic acids is 1. The summed E-state index contributed by atoms with van der Waals surface area (Å²) in [4.78, 5) is 20.5. The molecular weight excluding hydrogens is 205 g/mol. The monoisotopic (exact) mass is 211 g/mol. The van der Waals surface area contributed by atoms with Crippen molar-refractivity contribution in [2.75, 3.05) is 0 Å². The SMILES string of the molecule is O=NC(C(=O)O)=C(O)c1ccc(F)cc1. The topological polar surface area (TPSA) is 87.0 Å². The fourth-order valence-electron chi connectivity index (χ4n) is 0.928. The highest BCUT2D eigenvalue weighted by atomic mass is 19.1. The summed E-state index contributed by atoms with van der Waals surface area (Å²) in [6, 6.07) is 4.32. The normalized spacial score (nSPS) is 11.8. The average Bonchev–Trinajstić information content (AvgIpc) is 2.19. The molecular formula is C9H6FNO4. The first-order chi connectivity index (χ1) is 7.06. The predicted octanol–water partition coefficient (Wildman–Crippen LogP) is 1.90. The highest BCUT2D eigenvalue weighted by Gasteiger charge is 2.16. The van der Waals surface area contributed by atoms with E-state index in [0.717, 1.165) is 24.3 Å². The molecule has 0 aliphatic heterocycles. The van der Waals surface area contributed by atoms with Crippen LogP contribution in [-0.2, 0) is 4.79 Å². The summed E-state index contributed by atoms with van der Waals surface area (Å²) in [6.07, 6.45) is 0. The maximum Gasteiger partial charge on any atom is 0.362 e. The Bertz CT molecular complexity index is 424. The quantitative estimate of drug-likeness (QED) is 0.454. The van der Waals surface area contributed by atoms with Crippen molar-refractivity contribution in [2.45, 2.75) is 0 Å². The zero-order valence-electron chi connectivity index (χ0n) is 7.35. The van der Waals surface area contributed by atoms with E-state index in [9.17, 15) is 19.2 Å². The van der Waals surface area contributed by atoms with E-state index in [-0.39, 0.29) is 5.56 Å². The van der Waals surface area contributed by atoms with Crippen LogP contribution < -0.4 is 0 Å². The Morgan fingerprint density at radius 3 is 2.13 bits per heavy atom. The summed E-state index contributed by atoms with van der Waals surface area (Å²) in [5, 5.41) is 20.0. The molecule has 0 radical (unpaired) electrons. The van der Waals surface area contributed by atoms with Gasteiger partial charge in [0.2, 0.25) is 5.70 Å². The minimum Gasteiger partial charge on any atom is -0.505 e. The molecule has 0 saturated carbocycles. The van der Waals surface area contributed by atoms with Gasteiger partial charge in [0.1, 0.15) is 5.82 Å². The first kappa shape index (κ1) is 10.8. The van der Waals surface area contributed by atoms with Crippen molar-refractivity contribution in [1.82, 2.24) is 0 Å². The van der Waals surface area contributed by atoms with E-state index in [1.807, 2.05) is 0 Å². The van der Waals surface area contributed by atoms with Crippen molar-refractivity contribution < 1.29 is 19.4 Å². The van der Waals surface area contributed by atoms with Gasteiger partial charge in [-0.2, -0.15) is 0 Å². The Balaban J connectivity index is 3.22. The summed E-state index contributed by atoms with van der Waals surface area (Å²) in [5.74, 6) is -2.98. The second kappa shape index (κ2) is 4.32. The van der Waals surface area contributed by atoms with Crippen LogP contribution in [0.15, 0.2) is 35.1 Å². The molecule has 0 bridgehead atoms. The smallest absolute Gasteiger partial charge is 0.362 e. The van der Waals surface area contributed by atoms with E-state index in [0.29, 0.717) is 0 Å². The maximum absolute atomic E-state index is 12.5. The Morgan fingerprint density at radius 2 is 1.73 bits per heavy atom. The number of carbonyl (C=O) groups is 1. The largest absolute Gasteiger partial charge is 0.505 e. The van der Waals surface area contributed by atoms with E-state index in [1.54, 1.807) is 0 Å². The number of hydrogen-bond acceptors (Lipinski definition) is 4. The van der Waals surface area contributed by atoms with Crippen molar-refractivity contribution in [1.29, 1.82) is 0 Å². The molecule has 1 aromatic rings. The van der Waals surface area contributed by atoms with Crippen molar-refractivity contribution >= 4 is 11.7 Å². The molecule has 0 amide bonds. The van der Waals surface area contributed by atoms with E-state index in [2.05, 4.69) is 5.18 Å². The predicted molar refractivity (Wildman–Crippen MR) is 49.4 cm³/mol. The molecule has 0 aliphatic carbocycles. The van der Waals surface area contributed by atoms with Gasteiger partial charge >= 0.3 is 5.97 Å². The van der Waals surface area contributed by atoms with Crippen molar-refractivity contribution in [3.63, 3.8) is 0 Å². The number of nitrogens with zero attached hydrogens (tertiary/aromatic N) is 1. The number of carboxylic acids is 1. The average molecular weight is 211 g/mol. The van der Waals surface area contributed by atoms with Crippen LogP contribution in [0, 0.1) is 10.7 Å². The molecule has 2 N–H and O–H groups in total. The third-order valence-corrected chi connectivity index (χ3v) is 1.64. The molecule has 0 unspecified atom stereocenters. The molecule has 5 nitrogen and oxygen atoms in total. The van der Waals surface area contributed by atoms with Gasteiger partial charge in [0.15, 0.2) is 5.76 Å². The van der Waals surface area contributed by atoms with Crippen molar-refractivity contribution in [2.24, 2.45) is 5.18 Å². The third-order valence-electron chi connectivity index (χ3n) is 1.64. The summed E-state index contributed by atoms with van der Waals surface area (Å²) in [6.45, 7) is 0. The minimum atomic E-state index is -1.65. The Morgan fingerprint density at radius 1 is 1.20 bits per heavy atom. The number of halogens is 1. The Labute approximate surface area is 83.4 Å². The van der Waals surface area contributed by atoms with Crippen LogP contribution in [0.25, 0.3) is 5.76 Å². The molecule has 1 rings (SSSR count). The first-order valence-corrected chi connectivity index (χ1v) is 3.82. The summed E-state index contributed by atoms with van der Waals surface area (Å²) in [7, 11) is 0. The van der Waals surface area contributed by atoms with Gasteiger partial charge in [0.05, 0.1) is 0 Å². The lowest BCUT2D eigenvalue weighted by atomic mass is 10.1. The third kappa shape index (κ3) is 2.37. The molecule has 6 heteroatoms. The van der Waals surface area contributed by atoms with E-state index in [4.69, 9.17) is 5.11 Å². The van der Waals surface area contributed by atoms with Crippen molar-refractivity contribution in [3.8, 4) is 0 Å². The number of rotatable bonds is 3. The maximum atomic E-state index is 12.5. The van der Waals surface area contributed by atoms with Crippen LogP contribution >= 0.6 is 0 Å². The number of hydrogen-bond donors (Lipinski definition) is 2. The standard InChI is InChI=1S/C9H6FNO4/c10-6-3-1-5(2-4-6)8(12)7(11-15)9(13)14/h1-4,12H,(H,13,14). The van der Waals surface area contributed by atoms with Gasteiger partial charge in [-0.25, -0.2) is 9.18 Å². The molecule has 0 spiro atoms. The van der Waals surface area contributed by atoms with Crippen LogP contribution in [0.1, 0.15) is 5.56 Å². The Hall–Kier alpha value is -2.24. The molecule has 0 heterocycles. The van der Waals surface area contributed by atoms with Gasteiger partial charge in [0, 0.05) is 5.56 Å². The lowest BCUT2D eigenvalue weighted by molar-refractivity contribution is -0.132. The van der Waals surface area contributed by atoms with Crippen LogP contribution in [0.4, 0.5) is 4.39 Å². The van der Waals surface area contributed by atoms with Gasteiger partial charge in [-0.3, -0.25) is 0 Å². The first-order valence-electron chi connectivity index (χ1n) is 3.82. The highest BCUT2D eigenvalue weighted by molar-refractivity contribution is 5.94. The lowest BCUT2D eigenvalue weighted by Crippen LogP contribution is -2.01. The van der Waals surface area contributed by atoms with Crippen LogP contribution in [0.3, 0.4) is 0 Å². The Kier molecular flexibility index (Phi) is 3.12. The van der Waals surface area contributed by atoms with Crippen LogP contribution in [-0.4, -0.2) is 16.2 Å². The van der Waals surface area contributed by atoms with E-state index >= 15 is 0 Å². The van der Waals surface area contributed by atoms with Crippen LogP contribution in [0.2, 0.25) is 0 Å². The molecule has 1 aromatic carbocycles. The van der Waals surface area contributed by atoms with Gasteiger partial charge in [0.25, 0.3) is 0 Å². The molecule has 0 aliphatic rings. The fraction of sp³-hybridized carbons (Fsp3) is 0. The number of aliphatic hydroxyl groups is 1. The van der Waals surface area contributed by atoms with E-state index in [1.165, 1.54) is 0 Å². The number of benzene rings is 1. The zero-order valence-corrected chi connectivity index (χ0v) is 7.35. The molecule has 0 atom stereocenters. The second-order valence-corrected chi connectivity index (χ2v) is 2.60. The second-order valence-electron chi connectivity index (χ2n) is 2.60.